The van der Waals surface area contributed by atoms with Gasteiger partial charge in [0.05, 0.1) is 31.1 Å². The summed E-state index contributed by atoms with van der Waals surface area (Å²) in [6.45, 7) is 3.02. The van der Waals surface area contributed by atoms with E-state index in [0.29, 0.717) is 43.5 Å². The van der Waals surface area contributed by atoms with Gasteiger partial charge < -0.3 is 15.0 Å². The van der Waals surface area contributed by atoms with Gasteiger partial charge in [-0.25, -0.2) is 9.18 Å². The molecule has 1 N–H and O–H groups in total. The number of nitrogens with zero attached hydrogens (tertiary/aromatic N) is 3. The molecule has 31 heavy (non-hydrogen) atoms. The van der Waals surface area contributed by atoms with Crippen LogP contribution in [0.3, 0.4) is 0 Å². The number of alkyl halides is 2. The molecule has 3 fully saturated rings. The number of nitrogens with one attached hydrogen (secondary N) is 1. The second kappa shape index (κ2) is 9.31. The number of amides is 2. The summed E-state index contributed by atoms with van der Waals surface area (Å²) in [5.41, 5.74) is 0.726. The van der Waals surface area contributed by atoms with Crippen molar-refractivity contribution in [3.63, 3.8) is 0 Å². The van der Waals surface area contributed by atoms with Crippen LogP contribution in [0, 0.1) is 11.7 Å². The third-order valence-electron chi connectivity index (χ3n) is 5.57. The smallest absolute Gasteiger partial charge is 0.414 e. The second-order valence-corrected chi connectivity index (χ2v) is 7.95. The molecule has 0 spiro atoms. The molecule has 1 aromatic rings. The van der Waals surface area contributed by atoms with Crippen molar-refractivity contribution in [2.24, 2.45) is 5.92 Å². The molecule has 11 heteroatoms. The Kier molecular flexibility index (Phi) is 6.51. The van der Waals surface area contributed by atoms with E-state index in [2.05, 4.69) is 0 Å². The van der Waals surface area contributed by atoms with Gasteiger partial charge >= 0.3 is 12.5 Å². The van der Waals surface area contributed by atoms with Gasteiger partial charge in [-0.3, -0.25) is 14.5 Å². The maximum Gasteiger partial charge on any atom is 0.414 e. The minimum absolute atomic E-state index is 0.0226. The van der Waals surface area contributed by atoms with Gasteiger partial charge in [-0.15, -0.1) is 0 Å². The molecule has 0 bridgehead atoms. The van der Waals surface area contributed by atoms with Crippen molar-refractivity contribution in [3.05, 3.63) is 24.0 Å². The quantitative estimate of drug-likeness (QED) is 0.697. The number of benzene rings is 1. The largest absolute Gasteiger partial charge is 0.442 e. The average Bonchev–Trinajstić information content (AvgIpc) is 3.51. The number of carbonyl (C=O) groups excluding carboxylic acids is 2. The number of anilines is 2. The van der Waals surface area contributed by atoms with Crippen LogP contribution in [0.4, 0.5) is 29.3 Å². The third-order valence-corrected chi connectivity index (χ3v) is 5.57. The number of rotatable bonds is 7. The van der Waals surface area contributed by atoms with Gasteiger partial charge in [-0.1, -0.05) is 0 Å². The molecular weight excluding hydrogens is 417 g/mol. The Morgan fingerprint density at radius 1 is 1.23 bits per heavy atom. The highest BCUT2D eigenvalue weighted by Gasteiger charge is 2.34. The van der Waals surface area contributed by atoms with E-state index < -0.39 is 30.3 Å². The lowest BCUT2D eigenvalue weighted by atomic mass is 10.2. The van der Waals surface area contributed by atoms with E-state index in [0.717, 1.165) is 6.54 Å². The van der Waals surface area contributed by atoms with Crippen molar-refractivity contribution >= 4 is 23.4 Å². The summed E-state index contributed by atoms with van der Waals surface area (Å²) in [7, 11) is 0. The van der Waals surface area contributed by atoms with Crippen molar-refractivity contribution in [3.8, 4) is 0 Å². The SMILES string of the molecule is O=C(NC[C@H]1CN(c2ccc(N3CCON(CC4CC4)CC3)c(F)c2)C(=O)O1)C(F)F. The van der Waals surface area contributed by atoms with E-state index in [1.165, 1.54) is 23.8 Å². The summed E-state index contributed by atoms with van der Waals surface area (Å²) in [4.78, 5) is 32.0. The molecule has 0 unspecified atom stereocenters. The molecule has 1 aliphatic carbocycles. The molecule has 1 aromatic carbocycles. The zero-order valence-electron chi connectivity index (χ0n) is 16.9. The number of hydroxylamine groups is 2. The number of ether oxygens (including phenoxy) is 1. The van der Waals surface area contributed by atoms with Crippen molar-refractivity contribution < 1.29 is 32.3 Å². The monoisotopic (exact) mass is 442 g/mol. The fourth-order valence-electron chi connectivity index (χ4n) is 3.71. The first-order valence-electron chi connectivity index (χ1n) is 10.4. The van der Waals surface area contributed by atoms with Gasteiger partial charge in [0.15, 0.2) is 0 Å². The maximum absolute atomic E-state index is 14.9. The molecule has 2 heterocycles. The Bertz CT molecular complexity index is 824. The van der Waals surface area contributed by atoms with Crippen molar-refractivity contribution in [2.75, 3.05) is 55.7 Å². The van der Waals surface area contributed by atoms with Crippen molar-refractivity contribution in [1.82, 2.24) is 10.4 Å². The Morgan fingerprint density at radius 3 is 2.74 bits per heavy atom. The Balaban J connectivity index is 1.35. The van der Waals surface area contributed by atoms with Crippen LogP contribution in [-0.2, 0) is 14.4 Å². The molecule has 2 saturated heterocycles. The lowest BCUT2D eigenvalue weighted by Crippen LogP contribution is -2.37. The predicted molar refractivity (Wildman–Crippen MR) is 105 cm³/mol. The number of carbonyl (C=O) groups is 2. The number of halogens is 3. The van der Waals surface area contributed by atoms with Crippen LogP contribution in [0.2, 0.25) is 0 Å². The summed E-state index contributed by atoms with van der Waals surface area (Å²) < 4.78 is 44.5. The highest BCUT2D eigenvalue weighted by atomic mass is 19.3. The molecule has 2 amide bonds. The highest BCUT2D eigenvalue weighted by Crippen LogP contribution is 2.31. The first kappa shape index (κ1) is 21.7. The average molecular weight is 442 g/mol. The fourth-order valence-corrected chi connectivity index (χ4v) is 3.71. The molecular formula is C20H25F3N4O4. The van der Waals surface area contributed by atoms with Gasteiger partial charge in [0.2, 0.25) is 0 Å². The Morgan fingerprint density at radius 2 is 2.03 bits per heavy atom. The summed E-state index contributed by atoms with van der Waals surface area (Å²) in [6.07, 6.45) is -2.18. The van der Waals surface area contributed by atoms with E-state index in [4.69, 9.17) is 9.57 Å². The zero-order chi connectivity index (χ0) is 22.0. The minimum Gasteiger partial charge on any atom is -0.442 e. The van der Waals surface area contributed by atoms with E-state index in [-0.39, 0.29) is 13.1 Å². The summed E-state index contributed by atoms with van der Waals surface area (Å²) in [5.74, 6) is -1.20. The molecule has 0 aromatic heterocycles. The first-order valence-corrected chi connectivity index (χ1v) is 10.4. The highest BCUT2D eigenvalue weighted by molar-refractivity contribution is 5.90. The number of hydrogen-bond donors (Lipinski definition) is 1. The molecule has 3 aliphatic rings. The summed E-state index contributed by atoms with van der Waals surface area (Å²) in [5, 5.41) is 3.97. The van der Waals surface area contributed by atoms with Crippen molar-refractivity contribution in [2.45, 2.75) is 25.4 Å². The first-order chi connectivity index (χ1) is 14.9. The zero-order valence-corrected chi connectivity index (χ0v) is 16.9. The third kappa shape index (κ3) is 5.40. The van der Waals surface area contributed by atoms with Crippen LogP contribution in [0.5, 0.6) is 0 Å². The van der Waals surface area contributed by atoms with Gasteiger partial charge in [0.1, 0.15) is 11.9 Å². The maximum atomic E-state index is 14.9. The molecule has 0 radical (unpaired) electrons. The predicted octanol–water partition coefficient (Wildman–Crippen LogP) is 2.00. The van der Waals surface area contributed by atoms with Crippen LogP contribution in [-0.4, -0.2) is 75.5 Å². The molecule has 8 nitrogen and oxygen atoms in total. The molecule has 1 atom stereocenters. The fraction of sp³-hybridized carbons (Fsp3) is 0.600. The van der Waals surface area contributed by atoms with E-state index in [9.17, 15) is 22.8 Å². The normalized spacial score (nSPS) is 22.6. The minimum atomic E-state index is -3.14. The lowest BCUT2D eigenvalue weighted by molar-refractivity contribution is -0.150. The summed E-state index contributed by atoms with van der Waals surface area (Å²) in [6, 6.07) is 4.48. The number of cyclic esters (lactones) is 1. The van der Waals surface area contributed by atoms with Crippen LogP contribution < -0.4 is 15.1 Å². The Labute approximate surface area is 177 Å². The van der Waals surface area contributed by atoms with Gasteiger partial charge in [0.25, 0.3) is 5.91 Å². The number of hydrogen-bond acceptors (Lipinski definition) is 6. The topological polar surface area (TPSA) is 74.4 Å². The molecule has 170 valence electrons. The van der Waals surface area contributed by atoms with E-state index in [1.807, 2.05) is 15.3 Å². The van der Waals surface area contributed by atoms with Crippen molar-refractivity contribution in [1.29, 1.82) is 0 Å². The molecule has 4 rings (SSSR count). The van der Waals surface area contributed by atoms with Crippen LogP contribution in [0.15, 0.2) is 18.2 Å². The van der Waals surface area contributed by atoms with E-state index >= 15 is 0 Å². The van der Waals surface area contributed by atoms with Gasteiger partial charge in [0, 0.05) is 26.2 Å². The summed E-state index contributed by atoms with van der Waals surface area (Å²) >= 11 is 0. The molecule has 2 aliphatic heterocycles. The second-order valence-electron chi connectivity index (χ2n) is 7.95. The Hall–Kier alpha value is -2.53. The van der Waals surface area contributed by atoms with Crippen LogP contribution >= 0.6 is 0 Å². The molecule has 1 saturated carbocycles. The van der Waals surface area contributed by atoms with E-state index in [1.54, 1.807) is 12.1 Å². The van der Waals surface area contributed by atoms with Gasteiger partial charge in [-0.05, 0) is 37.0 Å². The van der Waals surface area contributed by atoms with Crippen LogP contribution in [0.25, 0.3) is 0 Å². The standard InChI is InChI=1S/C20H25F3N4O4/c21-16-9-14(27-12-15(31-20(27)29)10-24-19(28)18(22)23)3-4-17(16)25-5-6-26(30-8-7-25)11-13-1-2-13/h3-4,9,13,15,18H,1-2,5-8,10-12H2,(H,24,28)/t15-/m0/s1. The van der Waals surface area contributed by atoms with Crippen LogP contribution in [0.1, 0.15) is 12.8 Å². The van der Waals surface area contributed by atoms with Gasteiger partial charge in [-0.2, -0.15) is 13.8 Å². The lowest BCUT2D eigenvalue weighted by Gasteiger charge is -2.24.